The number of benzene rings is 2. The van der Waals surface area contributed by atoms with E-state index in [-0.39, 0.29) is 5.75 Å². The van der Waals surface area contributed by atoms with Crippen molar-refractivity contribution in [3.63, 3.8) is 0 Å². The molecule has 3 N–H and O–H groups in total. The quantitative estimate of drug-likeness (QED) is 0.491. The topological polar surface area (TPSA) is 82.5 Å². The third-order valence-corrected chi connectivity index (χ3v) is 3.67. The normalized spacial score (nSPS) is 11.2. The molecular weight excluding hydrogens is 348 g/mol. The predicted molar refractivity (Wildman–Crippen MR) is 89.7 cm³/mol. The number of hydrogen-bond donors (Lipinski definition) is 3. The zero-order chi connectivity index (χ0) is 15.5. The molecule has 112 valence electrons. The highest BCUT2D eigenvalue weighted by Gasteiger charge is 2.07. The number of aromatic nitrogens is 2. The first-order chi connectivity index (χ1) is 10.7. The second-order valence-corrected chi connectivity index (χ2v) is 5.37. The number of halogens is 1. The van der Waals surface area contributed by atoms with E-state index in [0.29, 0.717) is 21.7 Å². The highest BCUT2D eigenvalue weighted by Crippen LogP contribution is 2.31. The summed E-state index contributed by atoms with van der Waals surface area (Å²) >= 11 is 3.27. The number of rotatable bonds is 4. The summed E-state index contributed by atoms with van der Waals surface area (Å²) in [7, 11) is 1.56. The number of aromatic amines is 1. The van der Waals surface area contributed by atoms with Crippen LogP contribution in [0.3, 0.4) is 0 Å². The van der Waals surface area contributed by atoms with Crippen LogP contribution >= 0.6 is 15.9 Å². The number of methoxy groups -OCH3 is 1. The Kier molecular flexibility index (Phi) is 3.97. The Morgan fingerprint density at radius 3 is 2.95 bits per heavy atom. The van der Waals surface area contributed by atoms with Gasteiger partial charge in [0, 0.05) is 5.56 Å². The minimum absolute atomic E-state index is 0.0935. The molecule has 22 heavy (non-hydrogen) atoms. The third-order valence-electron chi connectivity index (χ3n) is 3.07. The molecule has 0 amide bonds. The summed E-state index contributed by atoms with van der Waals surface area (Å²) in [6.45, 7) is 0. The van der Waals surface area contributed by atoms with Crippen LogP contribution in [0, 0.1) is 0 Å². The van der Waals surface area contributed by atoms with Crippen LogP contribution in [0.4, 0.5) is 5.95 Å². The Bertz CT molecular complexity index is 812. The molecule has 0 aliphatic rings. The van der Waals surface area contributed by atoms with Crippen molar-refractivity contribution in [1.82, 2.24) is 9.97 Å². The molecule has 7 heteroatoms. The number of para-hydroxylation sites is 2. The van der Waals surface area contributed by atoms with E-state index in [4.69, 9.17) is 4.74 Å². The second kappa shape index (κ2) is 6.07. The van der Waals surface area contributed by atoms with Crippen molar-refractivity contribution in [2.45, 2.75) is 0 Å². The number of hydrazone groups is 1. The number of nitrogens with one attached hydrogen (secondary N) is 2. The Balaban J connectivity index is 1.81. The third kappa shape index (κ3) is 2.89. The fraction of sp³-hybridized carbons (Fsp3) is 0.0667. The van der Waals surface area contributed by atoms with Gasteiger partial charge in [-0.1, -0.05) is 12.1 Å². The lowest BCUT2D eigenvalue weighted by molar-refractivity contribution is 0.411. The molecule has 0 spiro atoms. The summed E-state index contributed by atoms with van der Waals surface area (Å²) in [4.78, 5) is 7.44. The summed E-state index contributed by atoms with van der Waals surface area (Å²) in [5.41, 5.74) is 5.10. The SMILES string of the molecule is COc1cc(Br)c(O)c(/C=N\Nc2nc3ccccc3[nH]2)c1. The van der Waals surface area contributed by atoms with Gasteiger partial charge < -0.3 is 14.8 Å². The van der Waals surface area contributed by atoms with Crippen LogP contribution in [0.2, 0.25) is 0 Å². The van der Waals surface area contributed by atoms with Crippen LogP contribution < -0.4 is 10.2 Å². The van der Waals surface area contributed by atoms with Gasteiger partial charge in [-0.3, -0.25) is 0 Å². The fourth-order valence-electron chi connectivity index (χ4n) is 1.98. The summed E-state index contributed by atoms with van der Waals surface area (Å²) in [5, 5.41) is 14.1. The summed E-state index contributed by atoms with van der Waals surface area (Å²) < 4.78 is 5.69. The largest absolute Gasteiger partial charge is 0.506 e. The van der Waals surface area contributed by atoms with E-state index in [1.165, 1.54) is 6.21 Å². The van der Waals surface area contributed by atoms with E-state index in [1.54, 1.807) is 19.2 Å². The monoisotopic (exact) mass is 360 g/mol. The van der Waals surface area contributed by atoms with Gasteiger partial charge in [0.1, 0.15) is 11.5 Å². The minimum Gasteiger partial charge on any atom is -0.506 e. The molecule has 1 heterocycles. The molecular formula is C15H13BrN4O2. The lowest BCUT2D eigenvalue weighted by Crippen LogP contribution is -1.94. The van der Waals surface area contributed by atoms with Crippen molar-refractivity contribution in [2.24, 2.45) is 5.10 Å². The molecule has 0 aliphatic carbocycles. The average molecular weight is 361 g/mol. The van der Waals surface area contributed by atoms with Crippen molar-refractivity contribution in [1.29, 1.82) is 0 Å². The average Bonchev–Trinajstić information content (AvgIpc) is 2.93. The van der Waals surface area contributed by atoms with E-state index < -0.39 is 0 Å². The maximum absolute atomic E-state index is 9.98. The van der Waals surface area contributed by atoms with Crippen LogP contribution in [-0.2, 0) is 0 Å². The molecule has 3 rings (SSSR count). The van der Waals surface area contributed by atoms with Crippen molar-refractivity contribution >= 4 is 39.1 Å². The van der Waals surface area contributed by atoms with Gasteiger partial charge in [-0.15, -0.1) is 0 Å². The molecule has 0 radical (unpaired) electrons. The Hall–Kier alpha value is -2.54. The number of fused-ring (bicyclic) bond motifs is 1. The molecule has 0 fully saturated rings. The molecule has 6 nitrogen and oxygen atoms in total. The van der Waals surface area contributed by atoms with E-state index in [1.807, 2.05) is 24.3 Å². The Labute approximate surface area is 135 Å². The number of ether oxygens (including phenoxy) is 1. The molecule has 1 aromatic heterocycles. The van der Waals surface area contributed by atoms with Gasteiger partial charge in [-0.05, 0) is 40.2 Å². The van der Waals surface area contributed by atoms with Crippen molar-refractivity contribution in [3.8, 4) is 11.5 Å². The maximum Gasteiger partial charge on any atom is 0.222 e. The molecule has 2 aromatic carbocycles. The standard InChI is InChI=1S/C15H13BrN4O2/c1-22-10-6-9(14(21)11(16)7-10)8-17-20-15-18-12-4-2-3-5-13(12)19-15/h2-8,21H,1H3,(H2,18,19,20)/b17-8-. The highest BCUT2D eigenvalue weighted by molar-refractivity contribution is 9.10. The summed E-state index contributed by atoms with van der Waals surface area (Å²) in [6, 6.07) is 11.1. The molecule has 0 saturated carbocycles. The zero-order valence-corrected chi connectivity index (χ0v) is 13.3. The maximum atomic E-state index is 9.98. The lowest BCUT2D eigenvalue weighted by atomic mass is 10.2. The predicted octanol–water partition coefficient (Wildman–Crippen LogP) is 3.49. The minimum atomic E-state index is 0.0935. The fourth-order valence-corrected chi connectivity index (χ4v) is 2.43. The van der Waals surface area contributed by atoms with Gasteiger partial charge in [0.15, 0.2) is 0 Å². The lowest BCUT2D eigenvalue weighted by Gasteiger charge is -2.05. The van der Waals surface area contributed by atoms with Crippen LogP contribution in [-0.4, -0.2) is 28.4 Å². The molecule has 0 bridgehead atoms. The van der Waals surface area contributed by atoms with Crippen LogP contribution in [0.25, 0.3) is 11.0 Å². The number of hydrogen-bond acceptors (Lipinski definition) is 5. The first-order valence-electron chi connectivity index (χ1n) is 6.47. The molecule has 0 atom stereocenters. The van der Waals surface area contributed by atoms with Gasteiger partial charge >= 0.3 is 0 Å². The zero-order valence-electron chi connectivity index (χ0n) is 11.7. The first kappa shape index (κ1) is 14.4. The van der Waals surface area contributed by atoms with Crippen molar-refractivity contribution in [2.75, 3.05) is 12.5 Å². The molecule has 3 aromatic rings. The number of aromatic hydroxyl groups is 1. The Morgan fingerprint density at radius 1 is 1.36 bits per heavy atom. The van der Waals surface area contributed by atoms with Crippen molar-refractivity contribution < 1.29 is 9.84 Å². The van der Waals surface area contributed by atoms with Crippen LogP contribution in [0.5, 0.6) is 11.5 Å². The van der Waals surface area contributed by atoms with E-state index in [0.717, 1.165) is 11.0 Å². The van der Waals surface area contributed by atoms with Gasteiger partial charge in [0.25, 0.3) is 0 Å². The van der Waals surface area contributed by atoms with Gasteiger partial charge in [-0.25, -0.2) is 10.4 Å². The second-order valence-electron chi connectivity index (χ2n) is 4.52. The smallest absolute Gasteiger partial charge is 0.222 e. The van der Waals surface area contributed by atoms with Crippen molar-refractivity contribution in [3.05, 3.63) is 46.4 Å². The highest BCUT2D eigenvalue weighted by atomic mass is 79.9. The summed E-state index contributed by atoms with van der Waals surface area (Å²) in [6.07, 6.45) is 1.50. The summed E-state index contributed by atoms with van der Waals surface area (Å²) in [5.74, 6) is 1.24. The number of H-pyrrole nitrogens is 1. The number of anilines is 1. The molecule has 0 aliphatic heterocycles. The molecule has 0 saturated heterocycles. The van der Waals surface area contributed by atoms with E-state index in [9.17, 15) is 5.11 Å². The number of phenols is 1. The van der Waals surface area contributed by atoms with Gasteiger partial charge in [0.2, 0.25) is 5.95 Å². The first-order valence-corrected chi connectivity index (χ1v) is 7.27. The van der Waals surface area contributed by atoms with Crippen LogP contribution in [0.15, 0.2) is 46.0 Å². The molecule has 0 unspecified atom stereocenters. The van der Waals surface area contributed by atoms with Crippen LogP contribution in [0.1, 0.15) is 5.56 Å². The number of phenolic OH excluding ortho intramolecular Hbond substituents is 1. The number of nitrogens with zero attached hydrogens (tertiary/aromatic N) is 2. The number of imidazole rings is 1. The Morgan fingerprint density at radius 2 is 2.18 bits per heavy atom. The van der Waals surface area contributed by atoms with Gasteiger partial charge in [0.05, 0.1) is 28.8 Å². The van der Waals surface area contributed by atoms with E-state index in [2.05, 4.69) is 36.4 Å². The van der Waals surface area contributed by atoms with Gasteiger partial charge in [-0.2, -0.15) is 5.10 Å². The van der Waals surface area contributed by atoms with E-state index >= 15 is 0 Å².